The standard InChI is InChI=1S/C10H16ClN3OS/c1-14(6-7-10(11)16-13-12-7)8-4-2-3-5-9(8)15/h8-9,15H,2-6H2,1H3. The van der Waals surface area contributed by atoms with Crippen molar-refractivity contribution in [3.05, 3.63) is 10.0 Å². The summed E-state index contributed by atoms with van der Waals surface area (Å²) in [7, 11) is 2.01. The van der Waals surface area contributed by atoms with Crippen LogP contribution in [-0.2, 0) is 6.54 Å². The lowest BCUT2D eigenvalue weighted by Gasteiger charge is -2.34. The maximum Gasteiger partial charge on any atom is 0.138 e. The predicted molar refractivity (Wildman–Crippen MR) is 64.6 cm³/mol. The van der Waals surface area contributed by atoms with Crippen LogP contribution in [0.1, 0.15) is 31.4 Å². The first kappa shape index (κ1) is 12.2. The molecule has 0 spiro atoms. The number of aromatic nitrogens is 2. The molecule has 2 unspecified atom stereocenters. The van der Waals surface area contributed by atoms with Crippen molar-refractivity contribution in [2.24, 2.45) is 0 Å². The van der Waals surface area contributed by atoms with Gasteiger partial charge in [0.2, 0.25) is 0 Å². The van der Waals surface area contributed by atoms with Crippen LogP contribution in [0.3, 0.4) is 0 Å². The molecule has 1 saturated carbocycles. The minimum atomic E-state index is -0.218. The molecule has 1 heterocycles. The highest BCUT2D eigenvalue weighted by molar-refractivity contribution is 7.10. The van der Waals surface area contributed by atoms with Crippen LogP contribution in [0.4, 0.5) is 0 Å². The second kappa shape index (κ2) is 5.40. The van der Waals surface area contributed by atoms with Gasteiger partial charge < -0.3 is 5.11 Å². The lowest BCUT2D eigenvalue weighted by Crippen LogP contribution is -2.42. The number of aliphatic hydroxyl groups excluding tert-OH is 1. The van der Waals surface area contributed by atoms with Gasteiger partial charge in [-0.3, -0.25) is 4.90 Å². The van der Waals surface area contributed by atoms with Gasteiger partial charge in [0.15, 0.2) is 0 Å². The van der Waals surface area contributed by atoms with Gasteiger partial charge in [0.25, 0.3) is 0 Å². The van der Waals surface area contributed by atoms with Crippen molar-refractivity contribution in [1.82, 2.24) is 14.5 Å². The molecule has 90 valence electrons. The van der Waals surface area contributed by atoms with Gasteiger partial charge in [0, 0.05) is 24.1 Å². The molecule has 1 aromatic rings. The maximum absolute atomic E-state index is 9.93. The highest BCUT2D eigenvalue weighted by atomic mass is 35.5. The zero-order chi connectivity index (χ0) is 11.5. The molecule has 2 atom stereocenters. The van der Waals surface area contributed by atoms with E-state index < -0.39 is 0 Å². The van der Waals surface area contributed by atoms with Gasteiger partial charge in [-0.1, -0.05) is 28.9 Å². The minimum Gasteiger partial charge on any atom is -0.391 e. The lowest BCUT2D eigenvalue weighted by molar-refractivity contribution is 0.0283. The molecular formula is C10H16ClN3OS. The van der Waals surface area contributed by atoms with E-state index in [2.05, 4.69) is 14.5 Å². The predicted octanol–water partition coefficient (Wildman–Crippen LogP) is 1.93. The summed E-state index contributed by atoms with van der Waals surface area (Å²) in [4.78, 5) is 2.13. The second-order valence-electron chi connectivity index (χ2n) is 4.33. The molecular weight excluding hydrogens is 246 g/mol. The average molecular weight is 262 g/mol. The van der Waals surface area contributed by atoms with Crippen LogP contribution in [0.2, 0.25) is 4.34 Å². The van der Waals surface area contributed by atoms with E-state index >= 15 is 0 Å². The molecule has 1 fully saturated rings. The lowest BCUT2D eigenvalue weighted by atomic mass is 9.91. The number of rotatable bonds is 3. The summed E-state index contributed by atoms with van der Waals surface area (Å²) >= 11 is 7.17. The fourth-order valence-corrected chi connectivity index (χ4v) is 2.86. The summed E-state index contributed by atoms with van der Waals surface area (Å²) in [6.45, 7) is 0.664. The molecule has 1 aliphatic carbocycles. The highest BCUT2D eigenvalue weighted by Gasteiger charge is 2.27. The van der Waals surface area contributed by atoms with E-state index in [-0.39, 0.29) is 12.1 Å². The van der Waals surface area contributed by atoms with Gasteiger partial charge in [0.1, 0.15) is 10.0 Å². The fourth-order valence-electron chi connectivity index (χ4n) is 2.25. The Labute approximate surface area is 104 Å². The van der Waals surface area contributed by atoms with Crippen molar-refractivity contribution in [2.75, 3.05) is 7.05 Å². The fraction of sp³-hybridized carbons (Fsp3) is 0.800. The van der Waals surface area contributed by atoms with Crippen molar-refractivity contribution < 1.29 is 5.11 Å². The molecule has 1 aliphatic rings. The van der Waals surface area contributed by atoms with E-state index in [0.717, 1.165) is 25.0 Å². The Morgan fingerprint density at radius 1 is 1.50 bits per heavy atom. The quantitative estimate of drug-likeness (QED) is 0.903. The SMILES string of the molecule is CN(Cc1nnsc1Cl)C1CCCCC1O. The molecule has 1 aromatic heterocycles. The third-order valence-corrected chi connectivity index (χ3v) is 4.15. The molecule has 2 rings (SSSR count). The number of aliphatic hydroxyl groups is 1. The summed E-state index contributed by atoms with van der Waals surface area (Å²) < 4.78 is 4.46. The number of hydrogen-bond donors (Lipinski definition) is 1. The van der Waals surface area contributed by atoms with Crippen LogP contribution < -0.4 is 0 Å². The Bertz CT molecular complexity index is 347. The molecule has 0 saturated heterocycles. The van der Waals surface area contributed by atoms with Crippen LogP contribution >= 0.6 is 23.1 Å². The number of hydrogen-bond acceptors (Lipinski definition) is 5. The Kier molecular flexibility index (Phi) is 4.13. The maximum atomic E-state index is 9.93. The molecule has 6 heteroatoms. The number of halogens is 1. The Balaban J connectivity index is 1.96. The normalized spacial score (nSPS) is 26.2. The largest absolute Gasteiger partial charge is 0.391 e. The van der Waals surface area contributed by atoms with Gasteiger partial charge >= 0.3 is 0 Å². The van der Waals surface area contributed by atoms with Gasteiger partial charge in [-0.05, 0) is 19.9 Å². The van der Waals surface area contributed by atoms with E-state index in [9.17, 15) is 5.11 Å². The van der Waals surface area contributed by atoms with Crippen LogP contribution in [0, 0.1) is 0 Å². The van der Waals surface area contributed by atoms with Gasteiger partial charge in [-0.2, -0.15) is 0 Å². The number of likely N-dealkylation sites (N-methyl/N-ethyl adjacent to an activating group) is 1. The summed E-state index contributed by atoms with van der Waals surface area (Å²) in [6.07, 6.45) is 4.05. The third-order valence-electron chi connectivity index (χ3n) is 3.17. The molecule has 4 nitrogen and oxygen atoms in total. The molecule has 0 aliphatic heterocycles. The molecule has 0 amide bonds. The number of nitrogens with zero attached hydrogens (tertiary/aromatic N) is 3. The van der Waals surface area contributed by atoms with Crippen molar-refractivity contribution >= 4 is 23.1 Å². The van der Waals surface area contributed by atoms with E-state index in [4.69, 9.17) is 11.6 Å². The first-order valence-corrected chi connectivity index (χ1v) is 6.68. The zero-order valence-electron chi connectivity index (χ0n) is 9.27. The summed E-state index contributed by atoms with van der Waals surface area (Å²) in [5.74, 6) is 0. The molecule has 1 N–H and O–H groups in total. The Morgan fingerprint density at radius 3 is 2.88 bits per heavy atom. The average Bonchev–Trinajstić information content (AvgIpc) is 2.65. The molecule has 0 aromatic carbocycles. The van der Waals surface area contributed by atoms with Crippen molar-refractivity contribution in [1.29, 1.82) is 0 Å². The van der Waals surface area contributed by atoms with Gasteiger partial charge in [0.05, 0.1) is 6.10 Å². The monoisotopic (exact) mass is 261 g/mol. The minimum absolute atomic E-state index is 0.218. The zero-order valence-corrected chi connectivity index (χ0v) is 10.8. The summed E-state index contributed by atoms with van der Waals surface area (Å²) in [5.41, 5.74) is 0.812. The Morgan fingerprint density at radius 2 is 2.25 bits per heavy atom. The van der Waals surface area contributed by atoms with Crippen LogP contribution in [0.25, 0.3) is 0 Å². The smallest absolute Gasteiger partial charge is 0.138 e. The first-order valence-electron chi connectivity index (χ1n) is 5.53. The van der Waals surface area contributed by atoms with Crippen LogP contribution in [-0.4, -0.2) is 38.8 Å². The summed E-state index contributed by atoms with van der Waals surface area (Å²) in [6, 6.07) is 0.228. The van der Waals surface area contributed by atoms with E-state index in [1.807, 2.05) is 7.05 Å². The Hall–Kier alpha value is -0.230. The third kappa shape index (κ3) is 2.71. The molecule has 16 heavy (non-hydrogen) atoms. The van der Waals surface area contributed by atoms with E-state index in [1.165, 1.54) is 18.0 Å². The van der Waals surface area contributed by atoms with Crippen molar-refractivity contribution in [3.8, 4) is 0 Å². The highest BCUT2D eigenvalue weighted by Crippen LogP contribution is 2.25. The molecule has 0 bridgehead atoms. The van der Waals surface area contributed by atoms with Crippen molar-refractivity contribution in [3.63, 3.8) is 0 Å². The van der Waals surface area contributed by atoms with Gasteiger partial charge in [-0.15, -0.1) is 5.10 Å². The van der Waals surface area contributed by atoms with Crippen molar-refractivity contribution in [2.45, 2.75) is 44.4 Å². The van der Waals surface area contributed by atoms with E-state index in [1.54, 1.807) is 0 Å². The molecule has 0 radical (unpaired) electrons. The van der Waals surface area contributed by atoms with Crippen LogP contribution in [0.15, 0.2) is 0 Å². The first-order chi connectivity index (χ1) is 7.68. The van der Waals surface area contributed by atoms with Gasteiger partial charge in [-0.25, -0.2) is 0 Å². The summed E-state index contributed by atoms with van der Waals surface area (Å²) in [5, 5.41) is 13.9. The topological polar surface area (TPSA) is 49.2 Å². The van der Waals surface area contributed by atoms with E-state index in [0.29, 0.717) is 10.9 Å². The van der Waals surface area contributed by atoms with Crippen LogP contribution in [0.5, 0.6) is 0 Å². The second-order valence-corrected chi connectivity index (χ2v) is 5.68.